The SMILES string of the molecule is CNS(=O)(=O)c1c(C(F)(F)F)ccc(C(=O)Nc2nnco2)c1C. The first kappa shape index (κ1) is 17.9. The van der Waals surface area contributed by atoms with Crippen LogP contribution in [0.25, 0.3) is 0 Å². The van der Waals surface area contributed by atoms with Crippen LogP contribution in [0.3, 0.4) is 0 Å². The highest BCUT2D eigenvalue weighted by molar-refractivity contribution is 7.89. The quantitative estimate of drug-likeness (QED) is 0.851. The zero-order chi connectivity index (χ0) is 18.1. The molecule has 0 saturated carbocycles. The summed E-state index contributed by atoms with van der Waals surface area (Å²) in [5.41, 5.74) is -2.02. The third kappa shape index (κ3) is 3.38. The van der Waals surface area contributed by atoms with E-state index >= 15 is 0 Å². The highest BCUT2D eigenvalue weighted by Crippen LogP contribution is 2.36. The summed E-state index contributed by atoms with van der Waals surface area (Å²) in [6, 6.07) is 1.12. The average molecular weight is 364 g/mol. The first-order valence-electron chi connectivity index (χ1n) is 6.29. The van der Waals surface area contributed by atoms with Gasteiger partial charge >= 0.3 is 12.2 Å². The van der Waals surface area contributed by atoms with Gasteiger partial charge in [0, 0.05) is 5.56 Å². The van der Waals surface area contributed by atoms with Crippen molar-refractivity contribution in [3.8, 4) is 0 Å². The molecule has 8 nitrogen and oxygen atoms in total. The number of aromatic nitrogens is 2. The Bertz CT molecular complexity index is 863. The van der Waals surface area contributed by atoms with Crippen molar-refractivity contribution in [3.05, 3.63) is 35.2 Å². The van der Waals surface area contributed by atoms with E-state index in [1.54, 1.807) is 0 Å². The molecule has 0 spiro atoms. The first-order chi connectivity index (χ1) is 11.1. The fourth-order valence-electron chi connectivity index (χ4n) is 2.00. The summed E-state index contributed by atoms with van der Waals surface area (Å²) >= 11 is 0. The maximum atomic E-state index is 13.1. The molecule has 12 heteroatoms. The fourth-order valence-corrected chi connectivity index (χ4v) is 3.19. The highest BCUT2D eigenvalue weighted by Gasteiger charge is 2.39. The van der Waals surface area contributed by atoms with Crippen molar-refractivity contribution in [2.45, 2.75) is 18.0 Å². The number of nitrogens with one attached hydrogen (secondary N) is 2. The number of hydrogen-bond acceptors (Lipinski definition) is 6. The van der Waals surface area contributed by atoms with Crippen LogP contribution in [-0.4, -0.2) is 31.6 Å². The molecule has 1 aromatic heterocycles. The summed E-state index contributed by atoms with van der Waals surface area (Å²) in [5.74, 6) is -0.891. The van der Waals surface area contributed by atoms with Crippen molar-refractivity contribution < 1.29 is 30.8 Å². The van der Waals surface area contributed by atoms with E-state index in [1.807, 2.05) is 4.72 Å². The fraction of sp³-hybridized carbons (Fsp3) is 0.250. The molecule has 0 radical (unpaired) electrons. The molecule has 0 bridgehead atoms. The number of carbonyl (C=O) groups excluding carboxylic acids is 1. The number of anilines is 1. The maximum Gasteiger partial charge on any atom is 0.417 e. The third-order valence-corrected chi connectivity index (χ3v) is 4.67. The van der Waals surface area contributed by atoms with Crippen LogP contribution in [0.1, 0.15) is 21.5 Å². The van der Waals surface area contributed by atoms with Gasteiger partial charge in [0.1, 0.15) is 0 Å². The first-order valence-corrected chi connectivity index (χ1v) is 7.78. The van der Waals surface area contributed by atoms with Crippen LogP contribution >= 0.6 is 0 Å². The average Bonchev–Trinajstić information content (AvgIpc) is 2.98. The van der Waals surface area contributed by atoms with E-state index in [0.717, 1.165) is 26.4 Å². The lowest BCUT2D eigenvalue weighted by molar-refractivity contribution is -0.140. The molecule has 1 heterocycles. The van der Waals surface area contributed by atoms with E-state index in [9.17, 15) is 26.4 Å². The van der Waals surface area contributed by atoms with Crippen LogP contribution in [0.5, 0.6) is 0 Å². The van der Waals surface area contributed by atoms with E-state index < -0.39 is 32.6 Å². The normalized spacial score (nSPS) is 12.2. The lowest BCUT2D eigenvalue weighted by atomic mass is 10.0. The van der Waals surface area contributed by atoms with E-state index in [4.69, 9.17) is 4.42 Å². The molecule has 2 aromatic rings. The Balaban J connectivity index is 2.61. The number of amides is 1. The van der Waals surface area contributed by atoms with Crippen LogP contribution < -0.4 is 10.0 Å². The number of halogens is 3. The van der Waals surface area contributed by atoms with Gasteiger partial charge in [0.2, 0.25) is 16.4 Å². The smallest absolute Gasteiger partial charge is 0.411 e. The van der Waals surface area contributed by atoms with Crippen molar-refractivity contribution in [2.75, 3.05) is 12.4 Å². The highest BCUT2D eigenvalue weighted by atomic mass is 32.2. The lowest BCUT2D eigenvalue weighted by Crippen LogP contribution is -2.26. The van der Waals surface area contributed by atoms with Gasteiger partial charge in [-0.3, -0.25) is 10.1 Å². The minimum absolute atomic E-state index is 0.280. The second-order valence-corrected chi connectivity index (χ2v) is 6.34. The Labute approximate surface area is 134 Å². The molecule has 0 aliphatic rings. The van der Waals surface area contributed by atoms with Gasteiger partial charge in [-0.2, -0.15) is 13.2 Å². The van der Waals surface area contributed by atoms with Crippen LogP contribution in [0.15, 0.2) is 27.8 Å². The predicted octanol–water partition coefficient (Wildman–Crippen LogP) is 1.56. The summed E-state index contributed by atoms with van der Waals surface area (Å²) in [5, 5.41) is 8.88. The van der Waals surface area contributed by atoms with E-state index in [2.05, 4.69) is 15.5 Å². The van der Waals surface area contributed by atoms with Crippen LogP contribution in [-0.2, 0) is 16.2 Å². The van der Waals surface area contributed by atoms with Gasteiger partial charge in [-0.25, -0.2) is 13.1 Å². The Kier molecular flexibility index (Phi) is 4.62. The van der Waals surface area contributed by atoms with Crippen LogP contribution in [0.4, 0.5) is 19.2 Å². The minimum Gasteiger partial charge on any atom is -0.411 e. The molecule has 0 aliphatic heterocycles. The lowest BCUT2D eigenvalue weighted by Gasteiger charge is -2.17. The summed E-state index contributed by atoms with van der Waals surface area (Å²) in [6.45, 7) is 1.10. The molecule has 2 rings (SSSR count). The summed E-state index contributed by atoms with van der Waals surface area (Å²) < 4.78 is 69.8. The maximum absolute atomic E-state index is 13.1. The standard InChI is InChI=1S/C12H11F3N4O4S/c1-6-7(10(20)18-11-19-17-5-23-11)3-4-8(12(13,14)15)9(6)24(21,22)16-2/h3-5,16H,1-2H3,(H,18,19,20). The largest absolute Gasteiger partial charge is 0.417 e. The topological polar surface area (TPSA) is 114 Å². The molecular weight excluding hydrogens is 353 g/mol. The minimum atomic E-state index is -4.91. The number of hydrogen-bond donors (Lipinski definition) is 2. The number of sulfonamides is 1. The van der Waals surface area contributed by atoms with Crippen LogP contribution in [0, 0.1) is 6.92 Å². The Morgan fingerprint density at radius 1 is 1.29 bits per heavy atom. The number of nitrogens with zero attached hydrogens (tertiary/aromatic N) is 2. The number of benzene rings is 1. The second kappa shape index (κ2) is 6.20. The molecule has 0 aliphatic carbocycles. The summed E-state index contributed by atoms with van der Waals surface area (Å²) in [7, 11) is -3.49. The molecule has 24 heavy (non-hydrogen) atoms. The number of rotatable bonds is 4. The van der Waals surface area contributed by atoms with E-state index in [0.29, 0.717) is 6.07 Å². The number of carbonyl (C=O) groups is 1. The van der Waals surface area contributed by atoms with E-state index in [-0.39, 0.29) is 17.1 Å². The van der Waals surface area contributed by atoms with Gasteiger partial charge < -0.3 is 4.42 Å². The monoisotopic (exact) mass is 364 g/mol. The van der Waals surface area contributed by atoms with Gasteiger partial charge in [0.05, 0.1) is 10.5 Å². The zero-order valence-electron chi connectivity index (χ0n) is 12.3. The molecule has 2 N–H and O–H groups in total. The van der Waals surface area contributed by atoms with Crippen LogP contribution in [0.2, 0.25) is 0 Å². The Morgan fingerprint density at radius 3 is 2.46 bits per heavy atom. The molecule has 130 valence electrons. The Hall–Kier alpha value is -2.47. The molecule has 0 atom stereocenters. The van der Waals surface area contributed by atoms with Crippen molar-refractivity contribution in [2.24, 2.45) is 0 Å². The predicted molar refractivity (Wildman–Crippen MR) is 74.7 cm³/mol. The third-order valence-electron chi connectivity index (χ3n) is 3.07. The zero-order valence-corrected chi connectivity index (χ0v) is 13.1. The van der Waals surface area contributed by atoms with Crippen molar-refractivity contribution in [1.29, 1.82) is 0 Å². The second-order valence-electron chi connectivity index (χ2n) is 4.52. The number of alkyl halides is 3. The summed E-state index contributed by atoms with van der Waals surface area (Å²) in [6.07, 6.45) is -3.97. The molecular formula is C12H11F3N4O4S. The summed E-state index contributed by atoms with van der Waals surface area (Å²) in [4.78, 5) is 11.1. The van der Waals surface area contributed by atoms with Gasteiger partial charge in [-0.15, -0.1) is 5.10 Å². The van der Waals surface area contributed by atoms with Gasteiger partial charge in [-0.05, 0) is 31.7 Å². The van der Waals surface area contributed by atoms with Gasteiger partial charge in [0.15, 0.2) is 0 Å². The van der Waals surface area contributed by atoms with E-state index in [1.165, 1.54) is 0 Å². The Morgan fingerprint density at radius 2 is 1.96 bits per heavy atom. The molecule has 0 unspecified atom stereocenters. The van der Waals surface area contributed by atoms with Crippen molar-refractivity contribution in [3.63, 3.8) is 0 Å². The van der Waals surface area contributed by atoms with Gasteiger partial charge in [-0.1, -0.05) is 5.10 Å². The molecule has 1 aromatic carbocycles. The molecule has 0 saturated heterocycles. The van der Waals surface area contributed by atoms with Crippen molar-refractivity contribution in [1.82, 2.24) is 14.9 Å². The van der Waals surface area contributed by atoms with Crippen molar-refractivity contribution >= 4 is 21.9 Å². The van der Waals surface area contributed by atoms with Gasteiger partial charge in [0.25, 0.3) is 5.91 Å². The molecule has 1 amide bonds. The molecule has 0 fully saturated rings.